The summed E-state index contributed by atoms with van der Waals surface area (Å²) in [5.74, 6) is 0.0710. The van der Waals surface area contributed by atoms with Crippen molar-refractivity contribution in [2.45, 2.75) is 32.7 Å². The van der Waals surface area contributed by atoms with Crippen LogP contribution in [0.25, 0.3) is 0 Å². The summed E-state index contributed by atoms with van der Waals surface area (Å²) in [5, 5.41) is 6.00. The van der Waals surface area contributed by atoms with Crippen molar-refractivity contribution in [3.8, 4) is 0 Å². The van der Waals surface area contributed by atoms with Gasteiger partial charge >= 0.3 is 0 Å². The van der Waals surface area contributed by atoms with Gasteiger partial charge in [0.05, 0.1) is 31.9 Å². The lowest BCUT2D eigenvalue weighted by atomic mass is 10.3. The van der Waals surface area contributed by atoms with Crippen LogP contribution in [0.5, 0.6) is 0 Å². The summed E-state index contributed by atoms with van der Waals surface area (Å²) in [7, 11) is 0. The number of carbonyl (C=O) groups is 1. The molecule has 0 radical (unpaired) electrons. The minimum atomic E-state index is 0.0710. The molecule has 5 nitrogen and oxygen atoms in total. The monoisotopic (exact) mass is 297 g/mol. The highest BCUT2D eigenvalue weighted by Crippen LogP contribution is 2.13. The summed E-state index contributed by atoms with van der Waals surface area (Å²) < 4.78 is 5.33. The predicted octanol–water partition coefficient (Wildman–Crippen LogP) is 1.43. The van der Waals surface area contributed by atoms with E-state index < -0.39 is 0 Å². The van der Waals surface area contributed by atoms with Gasteiger partial charge in [-0.05, 0) is 6.42 Å². The first-order valence-electron chi connectivity index (χ1n) is 7.28. The Bertz CT molecular complexity index is 416. The lowest BCUT2D eigenvalue weighted by Gasteiger charge is -2.25. The number of amides is 1. The third-order valence-electron chi connectivity index (χ3n) is 3.26. The zero-order valence-corrected chi connectivity index (χ0v) is 12.9. The Labute approximate surface area is 124 Å². The maximum Gasteiger partial charge on any atom is 0.226 e. The molecule has 6 heteroatoms. The van der Waals surface area contributed by atoms with Crippen molar-refractivity contribution in [3.05, 3.63) is 16.1 Å². The standard InChI is InChI=1S/C14H23N3O2S/c1-2-3-4-15-13(18)9-12-11-20-14(16-12)10-17-5-7-19-8-6-17/h11H,2-10H2,1H3,(H,15,18). The van der Waals surface area contributed by atoms with Crippen LogP contribution < -0.4 is 5.32 Å². The van der Waals surface area contributed by atoms with Crippen LogP contribution in [-0.2, 0) is 22.5 Å². The Morgan fingerprint density at radius 1 is 1.50 bits per heavy atom. The number of thiazole rings is 1. The zero-order valence-electron chi connectivity index (χ0n) is 12.1. The van der Waals surface area contributed by atoms with Gasteiger partial charge < -0.3 is 10.1 Å². The number of ether oxygens (including phenoxy) is 1. The third-order valence-corrected chi connectivity index (χ3v) is 4.14. The highest BCUT2D eigenvalue weighted by Gasteiger charge is 2.13. The van der Waals surface area contributed by atoms with Crippen LogP contribution in [0.3, 0.4) is 0 Å². The van der Waals surface area contributed by atoms with Crippen molar-refractivity contribution in [1.29, 1.82) is 0 Å². The van der Waals surface area contributed by atoms with E-state index >= 15 is 0 Å². The number of nitrogens with one attached hydrogen (secondary N) is 1. The highest BCUT2D eigenvalue weighted by atomic mass is 32.1. The van der Waals surface area contributed by atoms with Crippen molar-refractivity contribution in [3.63, 3.8) is 0 Å². The summed E-state index contributed by atoms with van der Waals surface area (Å²) in [5.41, 5.74) is 0.882. The van der Waals surface area contributed by atoms with E-state index in [0.29, 0.717) is 6.42 Å². The molecular formula is C14H23N3O2S. The molecule has 1 amide bonds. The minimum Gasteiger partial charge on any atom is -0.379 e. The van der Waals surface area contributed by atoms with Gasteiger partial charge in [0.1, 0.15) is 5.01 Å². The van der Waals surface area contributed by atoms with Gasteiger partial charge in [0.15, 0.2) is 0 Å². The lowest BCUT2D eigenvalue weighted by molar-refractivity contribution is -0.120. The van der Waals surface area contributed by atoms with Gasteiger partial charge in [-0.15, -0.1) is 11.3 Å². The molecule has 2 rings (SSSR count). The van der Waals surface area contributed by atoms with E-state index in [1.165, 1.54) is 0 Å². The first-order chi connectivity index (χ1) is 9.78. The SMILES string of the molecule is CCCCNC(=O)Cc1csc(CN2CCOCC2)n1. The minimum absolute atomic E-state index is 0.0710. The average Bonchev–Trinajstić information content (AvgIpc) is 2.87. The van der Waals surface area contributed by atoms with E-state index in [-0.39, 0.29) is 5.91 Å². The van der Waals surface area contributed by atoms with Gasteiger partial charge in [-0.3, -0.25) is 9.69 Å². The fourth-order valence-electron chi connectivity index (χ4n) is 2.08. The largest absolute Gasteiger partial charge is 0.379 e. The molecule has 1 aliphatic heterocycles. The number of unbranched alkanes of at least 4 members (excludes halogenated alkanes) is 1. The van der Waals surface area contributed by atoms with E-state index in [1.807, 2.05) is 5.38 Å². The number of morpholine rings is 1. The molecule has 1 N–H and O–H groups in total. The second-order valence-electron chi connectivity index (χ2n) is 5.00. The quantitative estimate of drug-likeness (QED) is 0.774. The van der Waals surface area contributed by atoms with E-state index in [1.54, 1.807) is 11.3 Å². The highest BCUT2D eigenvalue weighted by molar-refractivity contribution is 7.09. The Hall–Kier alpha value is -0.980. The second kappa shape index (κ2) is 8.34. The Morgan fingerprint density at radius 2 is 2.30 bits per heavy atom. The molecule has 0 spiro atoms. The molecule has 112 valence electrons. The van der Waals surface area contributed by atoms with Crippen LogP contribution >= 0.6 is 11.3 Å². The lowest BCUT2D eigenvalue weighted by Crippen LogP contribution is -2.35. The van der Waals surface area contributed by atoms with Crippen LogP contribution in [-0.4, -0.2) is 48.6 Å². The zero-order chi connectivity index (χ0) is 14.2. The van der Waals surface area contributed by atoms with E-state index in [4.69, 9.17) is 4.74 Å². The van der Waals surface area contributed by atoms with Gasteiger partial charge in [0, 0.05) is 25.0 Å². The average molecular weight is 297 g/mol. The maximum atomic E-state index is 11.7. The summed E-state index contributed by atoms with van der Waals surface area (Å²) in [6, 6.07) is 0. The molecule has 1 aromatic heterocycles. The fraction of sp³-hybridized carbons (Fsp3) is 0.714. The topological polar surface area (TPSA) is 54.5 Å². The molecule has 1 aliphatic rings. The van der Waals surface area contributed by atoms with Crippen molar-refractivity contribution in [2.24, 2.45) is 0 Å². The molecule has 1 aromatic rings. The van der Waals surface area contributed by atoms with E-state index in [2.05, 4.69) is 22.1 Å². The first-order valence-corrected chi connectivity index (χ1v) is 8.16. The van der Waals surface area contributed by atoms with E-state index in [9.17, 15) is 4.79 Å². The number of nitrogens with zero attached hydrogens (tertiary/aromatic N) is 2. The molecule has 1 fully saturated rings. The van der Waals surface area contributed by atoms with Crippen LogP contribution in [0.2, 0.25) is 0 Å². The Morgan fingerprint density at radius 3 is 3.05 bits per heavy atom. The van der Waals surface area contributed by atoms with Crippen LogP contribution in [0.4, 0.5) is 0 Å². The van der Waals surface area contributed by atoms with Crippen molar-refractivity contribution in [1.82, 2.24) is 15.2 Å². The molecule has 0 bridgehead atoms. The molecule has 1 saturated heterocycles. The van der Waals surface area contributed by atoms with Gasteiger partial charge in [-0.25, -0.2) is 4.98 Å². The number of rotatable bonds is 7. The molecular weight excluding hydrogens is 274 g/mol. The normalized spacial score (nSPS) is 16.2. The Balaban J connectivity index is 1.75. The maximum absolute atomic E-state index is 11.7. The summed E-state index contributed by atoms with van der Waals surface area (Å²) in [6.07, 6.45) is 2.52. The van der Waals surface area contributed by atoms with Gasteiger partial charge in [-0.1, -0.05) is 13.3 Å². The fourth-order valence-corrected chi connectivity index (χ4v) is 2.92. The van der Waals surface area contributed by atoms with Gasteiger partial charge in [0.2, 0.25) is 5.91 Å². The first kappa shape index (κ1) is 15.4. The number of hydrogen-bond donors (Lipinski definition) is 1. The summed E-state index contributed by atoms with van der Waals surface area (Å²) >= 11 is 1.64. The van der Waals surface area contributed by atoms with E-state index in [0.717, 1.165) is 62.9 Å². The second-order valence-corrected chi connectivity index (χ2v) is 5.94. The molecule has 20 heavy (non-hydrogen) atoms. The van der Waals surface area contributed by atoms with Gasteiger partial charge in [0.25, 0.3) is 0 Å². The molecule has 2 heterocycles. The summed E-state index contributed by atoms with van der Waals surface area (Å²) in [6.45, 7) is 7.28. The van der Waals surface area contributed by atoms with Crippen molar-refractivity contribution in [2.75, 3.05) is 32.8 Å². The predicted molar refractivity (Wildman–Crippen MR) is 79.8 cm³/mol. The number of aromatic nitrogens is 1. The smallest absolute Gasteiger partial charge is 0.226 e. The number of hydrogen-bond acceptors (Lipinski definition) is 5. The molecule has 0 saturated carbocycles. The third kappa shape index (κ3) is 5.19. The Kier molecular flexibility index (Phi) is 6.42. The van der Waals surface area contributed by atoms with Crippen LogP contribution in [0.1, 0.15) is 30.5 Å². The number of carbonyl (C=O) groups excluding carboxylic acids is 1. The van der Waals surface area contributed by atoms with Gasteiger partial charge in [-0.2, -0.15) is 0 Å². The molecule has 0 aliphatic carbocycles. The van der Waals surface area contributed by atoms with Crippen molar-refractivity contribution >= 4 is 17.2 Å². The molecule has 0 atom stereocenters. The van der Waals surface area contributed by atoms with Crippen LogP contribution in [0.15, 0.2) is 5.38 Å². The van der Waals surface area contributed by atoms with Crippen LogP contribution in [0, 0.1) is 0 Å². The summed E-state index contributed by atoms with van der Waals surface area (Å²) in [4.78, 5) is 18.6. The molecule has 0 unspecified atom stereocenters. The van der Waals surface area contributed by atoms with Crippen molar-refractivity contribution < 1.29 is 9.53 Å². The molecule has 0 aromatic carbocycles.